The van der Waals surface area contributed by atoms with Gasteiger partial charge in [0.25, 0.3) is 5.91 Å². The van der Waals surface area contributed by atoms with Crippen LogP contribution in [0, 0.1) is 12.7 Å². The lowest BCUT2D eigenvalue weighted by Gasteiger charge is -2.28. The molecule has 2 nitrogen and oxygen atoms in total. The SMILES string of the molecule is Cc1ccc(C(=O)NC2(CBr)CCCC2)c(F)c1. The summed E-state index contributed by atoms with van der Waals surface area (Å²) >= 11 is 3.46. The van der Waals surface area contributed by atoms with Crippen molar-refractivity contribution in [3.8, 4) is 0 Å². The van der Waals surface area contributed by atoms with Gasteiger partial charge in [0.1, 0.15) is 5.82 Å². The third-order valence-electron chi connectivity index (χ3n) is 3.56. The average molecular weight is 314 g/mol. The summed E-state index contributed by atoms with van der Waals surface area (Å²) in [5.41, 5.74) is 0.752. The molecule has 0 unspecified atom stereocenters. The first-order valence-corrected chi connectivity index (χ1v) is 7.33. The molecule has 1 aromatic rings. The Morgan fingerprint density at radius 2 is 2.11 bits per heavy atom. The minimum Gasteiger partial charge on any atom is -0.346 e. The molecule has 2 rings (SSSR count). The van der Waals surface area contributed by atoms with Gasteiger partial charge in [0.2, 0.25) is 0 Å². The molecule has 0 atom stereocenters. The third kappa shape index (κ3) is 2.74. The molecule has 0 spiro atoms. The van der Waals surface area contributed by atoms with E-state index in [1.165, 1.54) is 6.07 Å². The Bertz CT molecular complexity index is 455. The van der Waals surface area contributed by atoms with Crippen molar-refractivity contribution in [1.82, 2.24) is 5.32 Å². The summed E-state index contributed by atoms with van der Waals surface area (Å²) in [5.74, 6) is -0.760. The molecule has 4 heteroatoms. The molecule has 1 N–H and O–H groups in total. The maximum atomic E-state index is 13.7. The van der Waals surface area contributed by atoms with E-state index in [2.05, 4.69) is 21.2 Å². The second-order valence-corrected chi connectivity index (χ2v) is 5.62. The third-order valence-corrected chi connectivity index (χ3v) is 4.64. The van der Waals surface area contributed by atoms with Crippen LogP contribution in [0.3, 0.4) is 0 Å². The first-order valence-electron chi connectivity index (χ1n) is 6.21. The van der Waals surface area contributed by atoms with Crippen molar-refractivity contribution < 1.29 is 9.18 Å². The normalized spacial score (nSPS) is 17.7. The van der Waals surface area contributed by atoms with E-state index in [4.69, 9.17) is 0 Å². The highest BCUT2D eigenvalue weighted by Crippen LogP contribution is 2.31. The van der Waals surface area contributed by atoms with Gasteiger partial charge in [-0.15, -0.1) is 0 Å². The summed E-state index contributed by atoms with van der Waals surface area (Å²) in [6, 6.07) is 4.70. The van der Waals surface area contributed by atoms with Gasteiger partial charge in [-0.25, -0.2) is 4.39 Å². The van der Waals surface area contributed by atoms with E-state index in [1.54, 1.807) is 12.1 Å². The molecule has 18 heavy (non-hydrogen) atoms. The predicted octanol–water partition coefficient (Wildman–Crippen LogP) is 3.57. The number of hydrogen-bond acceptors (Lipinski definition) is 1. The molecule has 0 aliphatic heterocycles. The van der Waals surface area contributed by atoms with Crippen molar-refractivity contribution in [1.29, 1.82) is 0 Å². The Morgan fingerprint density at radius 1 is 1.44 bits per heavy atom. The fourth-order valence-corrected chi connectivity index (χ4v) is 3.16. The van der Waals surface area contributed by atoms with Gasteiger partial charge in [0, 0.05) is 5.33 Å². The second-order valence-electron chi connectivity index (χ2n) is 5.06. The van der Waals surface area contributed by atoms with E-state index in [1.807, 2.05) is 6.92 Å². The summed E-state index contributed by atoms with van der Waals surface area (Å²) in [6.45, 7) is 1.81. The Kier molecular flexibility index (Phi) is 4.05. The molecule has 1 fully saturated rings. The van der Waals surface area contributed by atoms with E-state index in [9.17, 15) is 9.18 Å². The number of aryl methyl sites for hydroxylation is 1. The van der Waals surface area contributed by atoms with Crippen LogP contribution in [0.4, 0.5) is 4.39 Å². The fourth-order valence-electron chi connectivity index (χ4n) is 2.46. The number of rotatable bonds is 3. The topological polar surface area (TPSA) is 29.1 Å². The van der Waals surface area contributed by atoms with Crippen molar-refractivity contribution in [2.45, 2.75) is 38.1 Å². The molecular formula is C14H17BrFNO. The molecule has 0 saturated heterocycles. The number of amides is 1. The van der Waals surface area contributed by atoms with Crippen LogP contribution in [-0.2, 0) is 0 Å². The first-order chi connectivity index (χ1) is 8.56. The lowest BCUT2D eigenvalue weighted by molar-refractivity contribution is 0.0906. The van der Waals surface area contributed by atoms with Gasteiger partial charge in [-0.1, -0.05) is 34.8 Å². The number of benzene rings is 1. The first kappa shape index (κ1) is 13.5. The Balaban J connectivity index is 2.16. The predicted molar refractivity (Wildman–Crippen MR) is 73.6 cm³/mol. The number of alkyl halides is 1. The molecule has 1 aromatic carbocycles. The second kappa shape index (κ2) is 5.39. The smallest absolute Gasteiger partial charge is 0.254 e. The Labute approximate surface area is 115 Å². The molecule has 1 aliphatic rings. The zero-order valence-electron chi connectivity index (χ0n) is 10.4. The largest absolute Gasteiger partial charge is 0.346 e. The molecular weight excluding hydrogens is 297 g/mol. The van der Waals surface area contributed by atoms with Crippen LogP contribution >= 0.6 is 15.9 Å². The minimum absolute atomic E-state index is 0.132. The van der Waals surface area contributed by atoms with E-state index >= 15 is 0 Å². The van der Waals surface area contributed by atoms with Gasteiger partial charge in [-0.3, -0.25) is 4.79 Å². The minimum atomic E-state index is -0.449. The van der Waals surface area contributed by atoms with Crippen molar-refractivity contribution in [3.63, 3.8) is 0 Å². The monoisotopic (exact) mass is 313 g/mol. The van der Waals surface area contributed by atoms with Crippen LogP contribution in [0.1, 0.15) is 41.6 Å². The van der Waals surface area contributed by atoms with Crippen LogP contribution in [0.2, 0.25) is 0 Å². The number of carbonyl (C=O) groups is 1. The van der Waals surface area contributed by atoms with Crippen molar-refractivity contribution in [2.75, 3.05) is 5.33 Å². The van der Waals surface area contributed by atoms with E-state index in [-0.39, 0.29) is 17.0 Å². The average Bonchev–Trinajstić information content (AvgIpc) is 2.78. The summed E-state index contributed by atoms with van der Waals surface area (Å²) in [5, 5.41) is 3.71. The van der Waals surface area contributed by atoms with Crippen molar-refractivity contribution in [3.05, 3.63) is 35.1 Å². The van der Waals surface area contributed by atoms with Gasteiger partial charge < -0.3 is 5.32 Å². The lowest BCUT2D eigenvalue weighted by atomic mass is 9.99. The Hall–Kier alpha value is -0.900. The van der Waals surface area contributed by atoms with Gasteiger partial charge in [-0.05, 0) is 37.5 Å². The molecule has 1 aliphatic carbocycles. The molecule has 0 bridgehead atoms. The highest BCUT2D eigenvalue weighted by atomic mass is 79.9. The van der Waals surface area contributed by atoms with Crippen molar-refractivity contribution in [2.24, 2.45) is 0 Å². The van der Waals surface area contributed by atoms with Crippen LogP contribution in [0.15, 0.2) is 18.2 Å². The molecule has 0 heterocycles. The molecule has 1 amide bonds. The summed E-state index contributed by atoms with van der Waals surface area (Å²) in [4.78, 5) is 12.1. The number of carbonyl (C=O) groups excluding carboxylic acids is 1. The maximum Gasteiger partial charge on any atom is 0.254 e. The van der Waals surface area contributed by atoms with Crippen LogP contribution in [0.25, 0.3) is 0 Å². The highest BCUT2D eigenvalue weighted by Gasteiger charge is 2.34. The lowest BCUT2D eigenvalue weighted by Crippen LogP contribution is -2.48. The molecule has 0 radical (unpaired) electrons. The van der Waals surface area contributed by atoms with Gasteiger partial charge in [0.15, 0.2) is 0 Å². The molecule has 98 valence electrons. The number of hydrogen-bond donors (Lipinski definition) is 1. The van der Waals surface area contributed by atoms with Crippen molar-refractivity contribution >= 4 is 21.8 Å². The molecule has 0 aromatic heterocycles. The van der Waals surface area contributed by atoms with E-state index in [0.717, 1.165) is 36.6 Å². The standard InChI is InChI=1S/C14H17BrFNO/c1-10-4-5-11(12(16)8-10)13(18)17-14(9-15)6-2-3-7-14/h4-5,8H,2-3,6-7,9H2,1H3,(H,17,18). The zero-order valence-corrected chi connectivity index (χ0v) is 12.0. The van der Waals surface area contributed by atoms with Crippen LogP contribution in [-0.4, -0.2) is 16.8 Å². The number of halogens is 2. The maximum absolute atomic E-state index is 13.7. The summed E-state index contributed by atoms with van der Waals surface area (Å²) in [6.07, 6.45) is 4.14. The van der Waals surface area contributed by atoms with Crippen LogP contribution in [0.5, 0.6) is 0 Å². The zero-order chi connectivity index (χ0) is 13.2. The summed E-state index contributed by atoms with van der Waals surface area (Å²) < 4.78 is 13.7. The van der Waals surface area contributed by atoms with Gasteiger partial charge in [0.05, 0.1) is 11.1 Å². The van der Waals surface area contributed by atoms with Gasteiger partial charge in [-0.2, -0.15) is 0 Å². The molecule has 1 saturated carbocycles. The van der Waals surface area contributed by atoms with Crippen LogP contribution < -0.4 is 5.32 Å². The fraction of sp³-hybridized carbons (Fsp3) is 0.500. The highest BCUT2D eigenvalue weighted by molar-refractivity contribution is 9.09. The van der Waals surface area contributed by atoms with E-state index in [0.29, 0.717) is 0 Å². The van der Waals surface area contributed by atoms with Gasteiger partial charge >= 0.3 is 0 Å². The van der Waals surface area contributed by atoms with E-state index < -0.39 is 5.82 Å². The quantitative estimate of drug-likeness (QED) is 0.849. The number of nitrogens with one attached hydrogen (secondary N) is 1. The Morgan fingerprint density at radius 3 is 2.67 bits per heavy atom. The summed E-state index contributed by atoms with van der Waals surface area (Å²) in [7, 11) is 0.